The molecule has 5 rings (SSSR count). The minimum Gasteiger partial charge on any atom is -0.508 e. The van der Waals surface area contributed by atoms with Gasteiger partial charge < -0.3 is 10.2 Å². The van der Waals surface area contributed by atoms with E-state index in [0.29, 0.717) is 45.0 Å². The number of aromatic hydroxyl groups is 2. The van der Waals surface area contributed by atoms with E-state index in [2.05, 4.69) is 20.5 Å². The lowest BCUT2D eigenvalue weighted by Gasteiger charge is -2.23. The summed E-state index contributed by atoms with van der Waals surface area (Å²) in [6.45, 7) is 0. The van der Waals surface area contributed by atoms with Crippen molar-refractivity contribution in [2.75, 3.05) is 0 Å². The molecule has 12 nitrogen and oxygen atoms in total. The van der Waals surface area contributed by atoms with Gasteiger partial charge in [0.05, 0.1) is 32.6 Å². The number of benzene rings is 4. The van der Waals surface area contributed by atoms with Crippen molar-refractivity contribution < 1.29 is 20.1 Å². The molecule has 0 saturated carbocycles. The highest BCUT2D eigenvalue weighted by molar-refractivity contribution is 5.67. The van der Waals surface area contributed by atoms with Gasteiger partial charge in [-0.25, -0.2) is 0 Å². The van der Waals surface area contributed by atoms with Crippen molar-refractivity contribution in [2.24, 2.45) is 20.5 Å². The number of non-ortho nitro benzene ring substituents is 2. The van der Waals surface area contributed by atoms with Gasteiger partial charge in [-0.15, -0.1) is 0 Å². The third-order valence-electron chi connectivity index (χ3n) is 6.14. The molecular weight excluding hydrogens is 492 g/mol. The number of nitro benzene ring substituents is 2. The summed E-state index contributed by atoms with van der Waals surface area (Å²) in [5.41, 5.74) is 4.28. The molecule has 4 aromatic rings. The summed E-state index contributed by atoms with van der Waals surface area (Å²) in [5, 5.41) is 59.8. The van der Waals surface area contributed by atoms with Crippen molar-refractivity contribution in [3.8, 4) is 11.5 Å². The van der Waals surface area contributed by atoms with Gasteiger partial charge in [0.2, 0.25) is 0 Å². The molecule has 0 bridgehead atoms. The lowest BCUT2D eigenvalue weighted by molar-refractivity contribution is -0.385. The summed E-state index contributed by atoms with van der Waals surface area (Å²) in [4.78, 5) is 20.7. The molecule has 188 valence electrons. The molecule has 0 fully saturated rings. The minimum absolute atomic E-state index is 0.0530. The van der Waals surface area contributed by atoms with Crippen molar-refractivity contribution in [1.29, 1.82) is 0 Å². The number of hydrogen-bond acceptors (Lipinski definition) is 10. The normalized spacial score (nSPS) is 12.4. The molecule has 0 unspecified atom stereocenters. The first-order valence-corrected chi connectivity index (χ1v) is 11.3. The largest absolute Gasteiger partial charge is 0.508 e. The zero-order valence-corrected chi connectivity index (χ0v) is 19.6. The number of nitrogens with zero attached hydrogens (tertiary/aromatic N) is 6. The second-order valence-corrected chi connectivity index (χ2v) is 8.42. The van der Waals surface area contributed by atoms with Crippen LogP contribution in [0.15, 0.2) is 93.3 Å². The number of rotatable bonds is 6. The quantitative estimate of drug-likeness (QED) is 0.138. The van der Waals surface area contributed by atoms with E-state index in [1.54, 1.807) is 12.1 Å². The summed E-state index contributed by atoms with van der Waals surface area (Å²) in [5.74, 6) is 0.106. The molecule has 4 aromatic carbocycles. The molecular formula is C26H18N6O6. The van der Waals surface area contributed by atoms with Crippen LogP contribution in [0.3, 0.4) is 0 Å². The number of hydrogen-bond donors (Lipinski definition) is 2. The van der Waals surface area contributed by atoms with Gasteiger partial charge in [0.1, 0.15) is 11.5 Å². The fourth-order valence-electron chi connectivity index (χ4n) is 4.17. The first-order chi connectivity index (χ1) is 18.3. The van der Waals surface area contributed by atoms with E-state index in [1.807, 2.05) is 0 Å². The molecule has 0 aromatic heterocycles. The molecule has 0 radical (unpaired) electrons. The maximum atomic E-state index is 10.9. The van der Waals surface area contributed by atoms with Crippen LogP contribution in [0.25, 0.3) is 0 Å². The van der Waals surface area contributed by atoms with Crippen LogP contribution in [0.4, 0.5) is 34.1 Å². The standard InChI is InChI=1S/C26H18N6O6/c33-25-11-9-23(29-27-15-1-5-17(6-2-15)31(35)36)19-13-20-22(14-21(19)25)26(34)12-10-24(20)30-28-16-3-7-18(8-4-16)32(37)38/h1-12,33-34H,13-14H2. The molecule has 0 saturated heterocycles. The maximum Gasteiger partial charge on any atom is 0.269 e. The Bertz CT molecular complexity index is 1510. The molecule has 12 heteroatoms. The van der Waals surface area contributed by atoms with E-state index in [4.69, 9.17) is 0 Å². The number of azo groups is 2. The first-order valence-electron chi connectivity index (χ1n) is 11.3. The van der Waals surface area contributed by atoms with Gasteiger partial charge in [0, 0.05) is 48.2 Å². The summed E-state index contributed by atoms with van der Waals surface area (Å²) in [6, 6.07) is 17.5. The van der Waals surface area contributed by atoms with Crippen LogP contribution in [0, 0.1) is 20.2 Å². The average molecular weight is 510 g/mol. The van der Waals surface area contributed by atoms with Crippen LogP contribution in [0.5, 0.6) is 11.5 Å². The fraction of sp³-hybridized carbons (Fsp3) is 0.0769. The molecule has 0 atom stereocenters. The van der Waals surface area contributed by atoms with E-state index >= 15 is 0 Å². The number of nitro groups is 2. The van der Waals surface area contributed by atoms with Crippen LogP contribution in [0.2, 0.25) is 0 Å². The molecule has 1 aliphatic rings. The van der Waals surface area contributed by atoms with Gasteiger partial charge >= 0.3 is 0 Å². The predicted molar refractivity (Wildman–Crippen MR) is 136 cm³/mol. The Labute approximate surface area is 214 Å². The molecule has 0 amide bonds. The van der Waals surface area contributed by atoms with E-state index < -0.39 is 9.85 Å². The molecule has 0 heterocycles. The summed E-state index contributed by atoms with van der Waals surface area (Å²) in [7, 11) is 0. The third kappa shape index (κ3) is 4.78. The van der Waals surface area contributed by atoms with Crippen LogP contribution in [0.1, 0.15) is 22.3 Å². The van der Waals surface area contributed by atoms with Gasteiger partial charge in [-0.1, -0.05) is 0 Å². The Morgan fingerprint density at radius 3 is 1.26 bits per heavy atom. The second-order valence-electron chi connectivity index (χ2n) is 8.42. The highest BCUT2D eigenvalue weighted by Crippen LogP contribution is 2.44. The summed E-state index contributed by atoms with van der Waals surface area (Å²) >= 11 is 0. The van der Waals surface area contributed by atoms with Crippen molar-refractivity contribution in [3.05, 3.63) is 115 Å². The third-order valence-corrected chi connectivity index (χ3v) is 6.14. The van der Waals surface area contributed by atoms with Gasteiger partial charge in [-0.2, -0.15) is 20.5 Å². The van der Waals surface area contributed by atoms with Gasteiger partial charge in [0.15, 0.2) is 0 Å². The van der Waals surface area contributed by atoms with Crippen molar-refractivity contribution in [2.45, 2.75) is 12.8 Å². The number of fused-ring (bicyclic) bond motifs is 2. The van der Waals surface area contributed by atoms with Crippen molar-refractivity contribution >= 4 is 34.1 Å². The Kier molecular flexibility index (Phi) is 6.27. The SMILES string of the molecule is O=[N+]([O-])c1ccc(N=Nc2ccc(O)c3c2Cc2c(N=Nc4ccc([N+](=O)[O-])cc4)ccc(O)c2C3)cc1. The van der Waals surface area contributed by atoms with E-state index in [-0.39, 0.29) is 35.7 Å². The molecule has 38 heavy (non-hydrogen) atoms. The van der Waals surface area contributed by atoms with E-state index in [9.17, 15) is 30.4 Å². The molecule has 0 spiro atoms. The lowest BCUT2D eigenvalue weighted by Crippen LogP contribution is -2.08. The monoisotopic (exact) mass is 510 g/mol. The van der Waals surface area contributed by atoms with Crippen molar-refractivity contribution in [1.82, 2.24) is 0 Å². The van der Waals surface area contributed by atoms with Gasteiger partial charge in [0.25, 0.3) is 11.4 Å². The van der Waals surface area contributed by atoms with Crippen molar-refractivity contribution in [3.63, 3.8) is 0 Å². The minimum atomic E-state index is -0.499. The smallest absolute Gasteiger partial charge is 0.269 e. The maximum absolute atomic E-state index is 10.9. The number of phenols is 2. The fourth-order valence-corrected chi connectivity index (χ4v) is 4.17. The first kappa shape index (κ1) is 24.2. The lowest BCUT2D eigenvalue weighted by atomic mass is 9.83. The molecule has 0 aliphatic heterocycles. The van der Waals surface area contributed by atoms with Gasteiger partial charge in [-0.3, -0.25) is 20.2 Å². The summed E-state index contributed by atoms with van der Waals surface area (Å²) in [6.07, 6.45) is 0.501. The Morgan fingerprint density at radius 1 is 0.526 bits per heavy atom. The number of phenolic OH excluding ortho intramolecular Hbond substituents is 2. The predicted octanol–water partition coefficient (Wildman–Crippen LogP) is 7.24. The zero-order chi connectivity index (χ0) is 26.8. The highest BCUT2D eigenvalue weighted by atomic mass is 16.6. The van der Waals surface area contributed by atoms with Crippen LogP contribution < -0.4 is 0 Å². The van der Waals surface area contributed by atoms with Crippen LogP contribution >= 0.6 is 0 Å². The Balaban J connectivity index is 1.48. The van der Waals surface area contributed by atoms with E-state index in [0.717, 1.165) is 0 Å². The topological polar surface area (TPSA) is 176 Å². The van der Waals surface area contributed by atoms with E-state index in [1.165, 1.54) is 60.7 Å². The summed E-state index contributed by atoms with van der Waals surface area (Å²) < 4.78 is 0. The second kappa shape index (κ2) is 9.85. The Hall–Kier alpha value is -5.52. The van der Waals surface area contributed by atoms with Crippen LogP contribution in [-0.2, 0) is 12.8 Å². The average Bonchev–Trinajstić information content (AvgIpc) is 2.92. The zero-order valence-electron chi connectivity index (χ0n) is 19.6. The molecule has 2 N–H and O–H groups in total. The molecule has 1 aliphatic carbocycles. The van der Waals surface area contributed by atoms with Gasteiger partial charge in [-0.05, 0) is 59.7 Å². The van der Waals surface area contributed by atoms with Crippen LogP contribution in [-0.4, -0.2) is 20.1 Å². The highest BCUT2D eigenvalue weighted by Gasteiger charge is 2.26. The Morgan fingerprint density at radius 2 is 0.895 bits per heavy atom.